The van der Waals surface area contributed by atoms with Crippen molar-refractivity contribution in [1.29, 1.82) is 0 Å². The van der Waals surface area contributed by atoms with Gasteiger partial charge in [0.25, 0.3) is 0 Å². The monoisotopic (exact) mass is 413 g/mol. The van der Waals surface area contributed by atoms with Crippen molar-refractivity contribution in [2.75, 3.05) is 13.6 Å². The Labute approximate surface area is 175 Å². The van der Waals surface area contributed by atoms with Gasteiger partial charge in [0.15, 0.2) is 5.69 Å². The lowest BCUT2D eigenvalue weighted by atomic mass is 9.85. The molecule has 1 aliphatic heterocycles. The molecule has 3 rings (SSSR count). The number of aromatic nitrogens is 3. The molecule has 0 bridgehead atoms. The number of amides is 2. The maximum atomic E-state index is 13.5. The van der Waals surface area contributed by atoms with Crippen molar-refractivity contribution in [1.82, 2.24) is 25.2 Å². The van der Waals surface area contributed by atoms with Crippen molar-refractivity contribution < 1.29 is 19.5 Å². The molecule has 1 fully saturated rings. The van der Waals surface area contributed by atoms with Gasteiger partial charge in [-0.25, -0.2) is 4.68 Å². The second-order valence-electron chi connectivity index (χ2n) is 8.56. The highest BCUT2D eigenvalue weighted by Crippen LogP contribution is 2.34. The molecule has 1 aliphatic rings. The van der Waals surface area contributed by atoms with E-state index in [4.69, 9.17) is 0 Å². The molecular weight excluding hydrogens is 386 g/mol. The number of hydrogen-bond donors (Lipinski definition) is 2. The van der Waals surface area contributed by atoms with Gasteiger partial charge in [0.1, 0.15) is 12.1 Å². The Morgan fingerprint density at radius 2 is 1.87 bits per heavy atom. The van der Waals surface area contributed by atoms with E-state index in [1.165, 1.54) is 22.8 Å². The van der Waals surface area contributed by atoms with E-state index in [1.54, 1.807) is 24.3 Å². The molecule has 160 valence electrons. The minimum atomic E-state index is -0.806. The van der Waals surface area contributed by atoms with E-state index in [9.17, 15) is 19.5 Å². The van der Waals surface area contributed by atoms with Crippen LogP contribution in [-0.2, 0) is 9.59 Å². The highest BCUT2D eigenvalue weighted by atomic mass is 16.3. The van der Waals surface area contributed by atoms with E-state index >= 15 is 0 Å². The van der Waals surface area contributed by atoms with Gasteiger partial charge in [-0.3, -0.25) is 14.4 Å². The lowest BCUT2D eigenvalue weighted by Crippen LogP contribution is -2.49. The Hall–Kier alpha value is -3.07. The normalized spacial score (nSPS) is 20.1. The number of carbonyl (C=O) groups excluding carboxylic acids is 3. The Morgan fingerprint density at radius 1 is 1.20 bits per heavy atom. The lowest BCUT2D eigenvalue weighted by Gasteiger charge is -2.34. The predicted molar refractivity (Wildman–Crippen MR) is 109 cm³/mol. The van der Waals surface area contributed by atoms with Crippen LogP contribution in [0.25, 0.3) is 0 Å². The van der Waals surface area contributed by atoms with E-state index < -0.39 is 23.6 Å². The first-order valence-electron chi connectivity index (χ1n) is 9.85. The van der Waals surface area contributed by atoms with Crippen molar-refractivity contribution in [2.45, 2.75) is 45.4 Å². The van der Waals surface area contributed by atoms with Crippen LogP contribution in [0.5, 0.6) is 0 Å². The van der Waals surface area contributed by atoms with Crippen molar-refractivity contribution >= 4 is 17.6 Å². The summed E-state index contributed by atoms with van der Waals surface area (Å²) in [6, 6.07) is 7.15. The van der Waals surface area contributed by atoms with E-state index in [-0.39, 0.29) is 36.3 Å². The Bertz CT molecular complexity index is 934. The molecule has 2 heterocycles. The summed E-state index contributed by atoms with van der Waals surface area (Å²) in [5.41, 5.74) is 0.0247. The minimum absolute atomic E-state index is 0.0635. The van der Waals surface area contributed by atoms with Gasteiger partial charge in [0.2, 0.25) is 17.6 Å². The van der Waals surface area contributed by atoms with Crippen LogP contribution in [0.3, 0.4) is 0 Å². The highest BCUT2D eigenvalue weighted by Gasteiger charge is 2.45. The summed E-state index contributed by atoms with van der Waals surface area (Å²) in [5, 5.41) is 20.7. The average Bonchev–Trinajstić information content (AvgIpc) is 3.33. The number of rotatable bonds is 5. The first-order chi connectivity index (χ1) is 14.1. The van der Waals surface area contributed by atoms with E-state index in [2.05, 4.69) is 15.6 Å². The molecule has 9 heteroatoms. The van der Waals surface area contributed by atoms with Crippen molar-refractivity contribution in [3.8, 4) is 0 Å². The average molecular weight is 413 g/mol. The SMILES string of the molecule is CNC(=O)C1CC(O)CN1C(=O)[C@@H](n1cc(C(=O)c2ccccc2)nn1)C(C)(C)C. The van der Waals surface area contributed by atoms with Crippen LogP contribution in [0.2, 0.25) is 0 Å². The molecule has 2 N–H and O–H groups in total. The maximum Gasteiger partial charge on any atom is 0.248 e. The number of β-amino-alcohol motifs (C(OH)–C–C–N with tert-alkyl or cyclic N) is 1. The quantitative estimate of drug-likeness (QED) is 0.701. The van der Waals surface area contributed by atoms with Crippen LogP contribution < -0.4 is 5.32 Å². The van der Waals surface area contributed by atoms with Gasteiger partial charge < -0.3 is 15.3 Å². The zero-order chi connectivity index (χ0) is 22.1. The second-order valence-corrected chi connectivity index (χ2v) is 8.56. The maximum absolute atomic E-state index is 13.5. The number of likely N-dealkylation sites (tertiary alicyclic amines) is 1. The van der Waals surface area contributed by atoms with Gasteiger partial charge >= 0.3 is 0 Å². The molecule has 0 saturated carbocycles. The summed E-state index contributed by atoms with van der Waals surface area (Å²) in [6.45, 7) is 5.68. The van der Waals surface area contributed by atoms with Gasteiger partial charge in [-0.1, -0.05) is 56.3 Å². The molecule has 0 spiro atoms. The molecule has 2 aromatic rings. The lowest BCUT2D eigenvalue weighted by molar-refractivity contribution is -0.144. The number of likely N-dealkylation sites (N-methyl/N-ethyl adjacent to an activating group) is 1. The van der Waals surface area contributed by atoms with Crippen LogP contribution in [0.15, 0.2) is 36.5 Å². The third kappa shape index (κ3) is 4.25. The van der Waals surface area contributed by atoms with Gasteiger partial charge in [0.05, 0.1) is 12.3 Å². The summed E-state index contributed by atoms with van der Waals surface area (Å²) < 4.78 is 1.38. The third-order valence-electron chi connectivity index (χ3n) is 5.21. The van der Waals surface area contributed by atoms with Gasteiger partial charge in [-0.15, -0.1) is 5.10 Å². The fraction of sp³-hybridized carbons (Fsp3) is 0.476. The summed E-state index contributed by atoms with van der Waals surface area (Å²) in [7, 11) is 1.50. The molecule has 0 aliphatic carbocycles. The third-order valence-corrected chi connectivity index (χ3v) is 5.21. The molecule has 9 nitrogen and oxygen atoms in total. The largest absolute Gasteiger partial charge is 0.391 e. The topological polar surface area (TPSA) is 117 Å². The first kappa shape index (κ1) is 21.6. The van der Waals surface area contributed by atoms with Crippen molar-refractivity contribution in [2.24, 2.45) is 5.41 Å². The number of nitrogens with zero attached hydrogens (tertiary/aromatic N) is 4. The van der Waals surface area contributed by atoms with Gasteiger partial charge in [-0.05, 0) is 5.41 Å². The molecular formula is C21H27N5O4. The summed E-state index contributed by atoms with van der Waals surface area (Å²) in [5.74, 6) is -0.968. The van der Waals surface area contributed by atoms with E-state index in [0.29, 0.717) is 5.56 Å². The molecule has 1 saturated heterocycles. The molecule has 1 aromatic heterocycles. The van der Waals surface area contributed by atoms with Crippen LogP contribution in [0.1, 0.15) is 49.3 Å². The summed E-state index contributed by atoms with van der Waals surface area (Å²) >= 11 is 0. The van der Waals surface area contributed by atoms with Crippen LogP contribution in [-0.4, -0.2) is 68.3 Å². The minimum Gasteiger partial charge on any atom is -0.391 e. The summed E-state index contributed by atoms with van der Waals surface area (Å²) in [6.07, 6.45) is 0.866. The molecule has 1 aromatic carbocycles. The molecule has 2 amide bonds. The van der Waals surface area contributed by atoms with E-state index in [1.807, 2.05) is 26.8 Å². The van der Waals surface area contributed by atoms with Crippen molar-refractivity contribution in [3.63, 3.8) is 0 Å². The number of nitrogens with one attached hydrogen (secondary N) is 1. The molecule has 0 radical (unpaired) electrons. The standard InChI is InChI=1S/C21H27N5O4/c1-21(2,3)18(20(30)25-11-14(27)10-16(25)19(29)22-4)26-12-15(23-24-26)17(28)13-8-6-5-7-9-13/h5-9,12,14,16,18,27H,10-11H2,1-4H3,(H,22,29)/t14?,16?,18-/m1/s1. The van der Waals surface area contributed by atoms with Crippen molar-refractivity contribution in [3.05, 3.63) is 47.8 Å². The zero-order valence-electron chi connectivity index (χ0n) is 17.6. The van der Waals surface area contributed by atoms with Gasteiger partial charge in [0, 0.05) is 25.6 Å². The number of ketones is 1. The van der Waals surface area contributed by atoms with Gasteiger partial charge in [-0.2, -0.15) is 0 Å². The van der Waals surface area contributed by atoms with Crippen LogP contribution in [0, 0.1) is 5.41 Å². The van der Waals surface area contributed by atoms with Crippen LogP contribution in [0.4, 0.5) is 0 Å². The first-order valence-corrected chi connectivity index (χ1v) is 9.85. The number of hydrogen-bond acceptors (Lipinski definition) is 6. The fourth-order valence-electron chi connectivity index (χ4n) is 3.75. The van der Waals surface area contributed by atoms with E-state index in [0.717, 1.165) is 0 Å². The fourth-order valence-corrected chi connectivity index (χ4v) is 3.75. The van der Waals surface area contributed by atoms with Crippen LogP contribution >= 0.6 is 0 Å². The number of carbonyl (C=O) groups is 3. The number of aliphatic hydroxyl groups excluding tert-OH is 1. The Morgan fingerprint density at radius 3 is 2.47 bits per heavy atom. The number of benzene rings is 1. The Balaban J connectivity index is 1.92. The molecule has 3 atom stereocenters. The smallest absolute Gasteiger partial charge is 0.248 e. The number of aliphatic hydroxyl groups is 1. The highest BCUT2D eigenvalue weighted by molar-refractivity contribution is 6.07. The molecule has 2 unspecified atom stereocenters. The Kier molecular flexibility index (Phi) is 6.02. The molecule has 30 heavy (non-hydrogen) atoms. The zero-order valence-corrected chi connectivity index (χ0v) is 17.6. The summed E-state index contributed by atoms with van der Waals surface area (Å²) in [4.78, 5) is 39.8. The predicted octanol–water partition coefficient (Wildman–Crippen LogP) is 0.804. The second kappa shape index (κ2) is 8.35.